The molecule has 1 heterocycles. The van der Waals surface area contributed by atoms with Gasteiger partial charge in [0.25, 0.3) is 5.91 Å². The van der Waals surface area contributed by atoms with Crippen LogP contribution in [0.1, 0.15) is 66.8 Å². The Kier molecular flexibility index (Phi) is 8.47. The summed E-state index contributed by atoms with van der Waals surface area (Å²) >= 11 is 7.43. The molecule has 36 heavy (non-hydrogen) atoms. The summed E-state index contributed by atoms with van der Waals surface area (Å²) in [5.74, 6) is -0.839. The molecule has 1 saturated carbocycles. The molecular weight excluding hydrogens is 500 g/mol. The summed E-state index contributed by atoms with van der Waals surface area (Å²) in [4.78, 5) is 16.0. The zero-order chi connectivity index (χ0) is 25.8. The van der Waals surface area contributed by atoms with Crippen LogP contribution in [0.4, 0.5) is 8.78 Å². The molecule has 1 amide bonds. The number of fused-ring (bicyclic) bond motifs is 1. The number of carbonyl (C=O) groups is 1. The van der Waals surface area contributed by atoms with E-state index in [4.69, 9.17) is 16.3 Å². The molecule has 4 rings (SSSR count). The largest absolute Gasteiger partial charge is 0.496 e. The number of carbonyl (C=O) groups excluding carboxylic acids is 1. The molecule has 2 aromatic carbocycles. The maximum absolute atomic E-state index is 14.5. The Hall–Kier alpha value is -2.70. The van der Waals surface area contributed by atoms with Gasteiger partial charge in [-0.1, -0.05) is 55.2 Å². The lowest BCUT2D eigenvalue weighted by Gasteiger charge is -2.34. The van der Waals surface area contributed by atoms with E-state index in [0.29, 0.717) is 12.3 Å². The smallest absolute Gasteiger partial charge is 0.266 e. The predicted molar refractivity (Wildman–Crippen MR) is 145 cm³/mol. The Labute approximate surface area is 220 Å². The molecule has 190 valence electrons. The Balaban J connectivity index is 1.79. The van der Waals surface area contributed by atoms with Crippen molar-refractivity contribution < 1.29 is 18.3 Å². The summed E-state index contributed by atoms with van der Waals surface area (Å²) in [6, 6.07) is 8.08. The van der Waals surface area contributed by atoms with E-state index in [-0.39, 0.29) is 31.9 Å². The zero-order valence-corrected chi connectivity index (χ0v) is 22.3. The van der Waals surface area contributed by atoms with Gasteiger partial charge in [-0.25, -0.2) is 8.78 Å². The quantitative estimate of drug-likeness (QED) is 0.286. The van der Waals surface area contributed by atoms with Crippen molar-refractivity contribution in [2.45, 2.75) is 58.5 Å². The highest BCUT2D eigenvalue weighted by molar-refractivity contribution is 7.21. The molecule has 0 aliphatic heterocycles. The molecule has 1 fully saturated rings. The molecule has 0 N–H and O–H groups in total. The van der Waals surface area contributed by atoms with Crippen molar-refractivity contribution in [3.05, 3.63) is 81.2 Å². The fourth-order valence-corrected chi connectivity index (χ4v) is 6.43. The van der Waals surface area contributed by atoms with E-state index in [2.05, 4.69) is 0 Å². The van der Waals surface area contributed by atoms with Gasteiger partial charge in [-0.05, 0) is 62.1 Å². The average Bonchev–Trinajstić information content (AvgIpc) is 3.26. The van der Waals surface area contributed by atoms with Crippen LogP contribution in [0.25, 0.3) is 15.7 Å². The maximum Gasteiger partial charge on any atom is 0.266 e. The second-order valence-corrected chi connectivity index (χ2v) is 10.4. The van der Waals surface area contributed by atoms with Crippen LogP contribution in [-0.4, -0.2) is 24.0 Å². The van der Waals surface area contributed by atoms with Gasteiger partial charge < -0.3 is 9.64 Å². The van der Waals surface area contributed by atoms with Crippen LogP contribution in [0.2, 0.25) is 5.02 Å². The Bertz CT molecular complexity index is 1320. The van der Waals surface area contributed by atoms with E-state index < -0.39 is 11.6 Å². The first-order chi connectivity index (χ1) is 17.4. The van der Waals surface area contributed by atoms with Crippen molar-refractivity contribution in [2.24, 2.45) is 0 Å². The van der Waals surface area contributed by atoms with Crippen LogP contribution >= 0.6 is 22.9 Å². The second-order valence-electron chi connectivity index (χ2n) is 8.97. The van der Waals surface area contributed by atoms with E-state index in [9.17, 15) is 13.6 Å². The third-order valence-corrected chi connectivity index (χ3v) is 8.44. The third kappa shape index (κ3) is 5.21. The minimum atomic E-state index is -0.631. The fraction of sp³-hybridized carbons (Fsp3) is 0.345. The van der Waals surface area contributed by atoms with Crippen molar-refractivity contribution in [3.63, 3.8) is 0 Å². The molecule has 0 saturated heterocycles. The topological polar surface area (TPSA) is 29.5 Å². The molecule has 3 aromatic rings. The van der Waals surface area contributed by atoms with Crippen LogP contribution in [-0.2, 0) is 6.54 Å². The predicted octanol–water partition coefficient (Wildman–Crippen LogP) is 8.80. The molecule has 0 spiro atoms. The summed E-state index contributed by atoms with van der Waals surface area (Å²) in [7, 11) is 1.61. The van der Waals surface area contributed by atoms with Gasteiger partial charge in [-0.2, -0.15) is 0 Å². The van der Waals surface area contributed by atoms with Gasteiger partial charge in [0.1, 0.15) is 22.3 Å². The SMILES string of the molecule is C/C=C\C(=C/C)c1ccc(OC)c(CN(C(=O)c2sc3c(F)ccc(F)c3c2Cl)C2CCCCC2)c1. The number of allylic oxidation sites excluding steroid dienone is 4. The first kappa shape index (κ1) is 26.4. The van der Waals surface area contributed by atoms with E-state index in [1.54, 1.807) is 7.11 Å². The molecule has 0 bridgehead atoms. The van der Waals surface area contributed by atoms with E-state index >= 15 is 0 Å². The number of benzene rings is 2. The number of halogens is 3. The lowest BCUT2D eigenvalue weighted by molar-refractivity contribution is 0.0618. The maximum atomic E-state index is 14.5. The Morgan fingerprint density at radius 3 is 2.50 bits per heavy atom. The number of methoxy groups -OCH3 is 1. The molecular formula is C29H30ClF2NO2S. The van der Waals surface area contributed by atoms with Crippen molar-refractivity contribution in [3.8, 4) is 5.75 Å². The summed E-state index contributed by atoms with van der Waals surface area (Å²) in [6.07, 6.45) is 11.0. The van der Waals surface area contributed by atoms with Crippen LogP contribution in [0.5, 0.6) is 5.75 Å². The van der Waals surface area contributed by atoms with Crippen molar-refractivity contribution in [1.29, 1.82) is 0 Å². The molecule has 0 unspecified atom stereocenters. The Morgan fingerprint density at radius 2 is 1.86 bits per heavy atom. The number of thiophene rings is 1. The highest BCUT2D eigenvalue weighted by Crippen LogP contribution is 2.40. The minimum Gasteiger partial charge on any atom is -0.496 e. The molecule has 1 aliphatic rings. The summed E-state index contributed by atoms with van der Waals surface area (Å²) in [5, 5.41) is -0.0555. The van der Waals surface area contributed by atoms with Crippen molar-refractivity contribution in [2.75, 3.05) is 7.11 Å². The normalized spacial score (nSPS) is 15.1. The summed E-state index contributed by atoms with van der Waals surface area (Å²) < 4.78 is 34.7. The van der Waals surface area contributed by atoms with E-state index in [1.165, 1.54) is 0 Å². The van der Waals surface area contributed by atoms with Crippen molar-refractivity contribution >= 4 is 44.5 Å². The second kappa shape index (κ2) is 11.6. The van der Waals surface area contributed by atoms with Crippen LogP contribution in [0.15, 0.2) is 48.6 Å². The van der Waals surface area contributed by atoms with E-state index in [1.807, 2.05) is 55.2 Å². The van der Waals surface area contributed by atoms with E-state index in [0.717, 1.165) is 72.3 Å². The zero-order valence-electron chi connectivity index (χ0n) is 20.7. The number of hydrogen-bond donors (Lipinski definition) is 0. The molecule has 3 nitrogen and oxygen atoms in total. The highest BCUT2D eigenvalue weighted by atomic mass is 35.5. The minimum absolute atomic E-state index is 0.00677. The number of amides is 1. The summed E-state index contributed by atoms with van der Waals surface area (Å²) in [6.45, 7) is 4.26. The Morgan fingerprint density at radius 1 is 1.14 bits per heavy atom. The van der Waals surface area contributed by atoms with Gasteiger partial charge >= 0.3 is 0 Å². The number of hydrogen-bond acceptors (Lipinski definition) is 3. The first-order valence-corrected chi connectivity index (χ1v) is 13.4. The average molecular weight is 530 g/mol. The van der Waals surface area contributed by atoms with Gasteiger partial charge in [-0.3, -0.25) is 4.79 Å². The van der Waals surface area contributed by atoms with Gasteiger partial charge in [-0.15, -0.1) is 11.3 Å². The molecule has 7 heteroatoms. The van der Waals surface area contributed by atoms with Crippen LogP contribution < -0.4 is 4.74 Å². The van der Waals surface area contributed by atoms with Gasteiger partial charge in [0.2, 0.25) is 0 Å². The number of nitrogens with zero attached hydrogens (tertiary/aromatic N) is 1. The lowest BCUT2D eigenvalue weighted by atomic mass is 9.93. The van der Waals surface area contributed by atoms with Gasteiger partial charge in [0, 0.05) is 18.2 Å². The molecule has 1 aliphatic carbocycles. The lowest BCUT2D eigenvalue weighted by Crippen LogP contribution is -2.40. The summed E-state index contributed by atoms with van der Waals surface area (Å²) in [5.41, 5.74) is 2.95. The highest BCUT2D eigenvalue weighted by Gasteiger charge is 2.31. The van der Waals surface area contributed by atoms with Gasteiger partial charge in [0.15, 0.2) is 0 Å². The van der Waals surface area contributed by atoms with Gasteiger partial charge in [0.05, 0.1) is 22.2 Å². The van der Waals surface area contributed by atoms with Crippen LogP contribution in [0.3, 0.4) is 0 Å². The standard InChI is InChI=1S/C29H30ClF2NO2S/c1-4-9-18(5-2)19-12-15-24(35-3)20(16-19)17-33(21-10-7-6-8-11-21)29(34)28-26(30)25-22(31)13-14-23(32)27(25)36-28/h4-5,9,12-16,21H,6-8,10-11,17H2,1-3H3/b9-4-,18-5+. The number of ether oxygens (including phenoxy) is 1. The fourth-order valence-electron chi connectivity index (χ4n) is 4.93. The molecule has 0 atom stereocenters. The van der Waals surface area contributed by atoms with Crippen LogP contribution in [0, 0.1) is 11.6 Å². The van der Waals surface area contributed by atoms with Crippen molar-refractivity contribution in [1.82, 2.24) is 4.90 Å². The monoisotopic (exact) mass is 529 g/mol. The first-order valence-electron chi connectivity index (χ1n) is 12.2. The molecule has 1 aromatic heterocycles. The number of rotatable bonds is 7. The molecule has 0 radical (unpaired) electrons. The third-order valence-electron chi connectivity index (χ3n) is 6.76.